The molecule has 0 spiro atoms. The van der Waals surface area contributed by atoms with Crippen molar-refractivity contribution in [3.63, 3.8) is 0 Å². The number of aliphatic hydroxyl groups excluding tert-OH is 1. The molecule has 1 aromatic rings. The van der Waals surface area contributed by atoms with Crippen LogP contribution in [-0.4, -0.2) is 18.3 Å². The molecular weight excluding hydrogens is 200 g/mol. The van der Waals surface area contributed by atoms with Gasteiger partial charge in [-0.2, -0.15) is 0 Å². The molecule has 2 nitrogen and oxygen atoms in total. The van der Waals surface area contributed by atoms with Crippen molar-refractivity contribution in [3.05, 3.63) is 29.3 Å². The van der Waals surface area contributed by atoms with Crippen LogP contribution < -0.4 is 4.74 Å². The molecule has 1 rings (SSSR count). The SMILES string of the molecule is CC[C@H](C)COc1ccc(CCO)c(C)c1. The zero-order valence-electron chi connectivity index (χ0n) is 10.5. The van der Waals surface area contributed by atoms with Crippen molar-refractivity contribution in [3.8, 4) is 5.75 Å². The Hall–Kier alpha value is -1.02. The average molecular weight is 222 g/mol. The van der Waals surface area contributed by atoms with Crippen molar-refractivity contribution in [2.24, 2.45) is 5.92 Å². The second-order valence-electron chi connectivity index (χ2n) is 4.39. The normalized spacial score (nSPS) is 12.5. The van der Waals surface area contributed by atoms with Gasteiger partial charge in [-0.1, -0.05) is 26.3 Å². The van der Waals surface area contributed by atoms with E-state index in [9.17, 15) is 0 Å². The second kappa shape index (κ2) is 6.54. The lowest BCUT2D eigenvalue weighted by molar-refractivity contribution is 0.256. The van der Waals surface area contributed by atoms with Crippen molar-refractivity contribution in [2.75, 3.05) is 13.2 Å². The Kier molecular flexibility index (Phi) is 5.33. The molecule has 0 saturated carbocycles. The van der Waals surface area contributed by atoms with E-state index in [-0.39, 0.29) is 6.61 Å². The van der Waals surface area contributed by atoms with Crippen LogP contribution in [0.5, 0.6) is 5.75 Å². The van der Waals surface area contributed by atoms with Crippen LogP contribution in [0, 0.1) is 12.8 Å². The van der Waals surface area contributed by atoms with E-state index in [2.05, 4.69) is 20.8 Å². The highest BCUT2D eigenvalue weighted by molar-refractivity contribution is 5.34. The van der Waals surface area contributed by atoms with Gasteiger partial charge in [0.1, 0.15) is 5.75 Å². The van der Waals surface area contributed by atoms with E-state index >= 15 is 0 Å². The molecule has 0 saturated heterocycles. The van der Waals surface area contributed by atoms with Gasteiger partial charge in [-0.25, -0.2) is 0 Å². The van der Waals surface area contributed by atoms with Crippen LogP contribution in [-0.2, 0) is 6.42 Å². The van der Waals surface area contributed by atoms with E-state index in [0.29, 0.717) is 5.92 Å². The Morgan fingerprint density at radius 3 is 2.69 bits per heavy atom. The third-order valence-electron chi connectivity index (χ3n) is 2.93. The topological polar surface area (TPSA) is 29.5 Å². The Labute approximate surface area is 98.3 Å². The lowest BCUT2D eigenvalue weighted by Gasteiger charge is -2.12. The minimum Gasteiger partial charge on any atom is -0.493 e. The molecule has 1 atom stereocenters. The van der Waals surface area contributed by atoms with E-state index in [4.69, 9.17) is 9.84 Å². The van der Waals surface area contributed by atoms with Crippen molar-refractivity contribution in [1.82, 2.24) is 0 Å². The quantitative estimate of drug-likeness (QED) is 0.802. The summed E-state index contributed by atoms with van der Waals surface area (Å²) in [6.45, 7) is 7.39. The standard InChI is InChI=1S/C14H22O2/c1-4-11(2)10-16-14-6-5-13(7-8-15)12(3)9-14/h5-6,9,11,15H,4,7-8,10H2,1-3H3/t11-/m0/s1. The molecule has 0 heterocycles. The average Bonchev–Trinajstić information content (AvgIpc) is 2.29. The van der Waals surface area contributed by atoms with Crippen molar-refractivity contribution >= 4 is 0 Å². The maximum atomic E-state index is 8.89. The zero-order valence-corrected chi connectivity index (χ0v) is 10.5. The maximum absolute atomic E-state index is 8.89. The molecule has 16 heavy (non-hydrogen) atoms. The minimum absolute atomic E-state index is 0.202. The molecule has 0 aliphatic heterocycles. The highest BCUT2D eigenvalue weighted by atomic mass is 16.5. The summed E-state index contributed by atoms with van der Waals surface area (Å²) in [5, 5.41) is 8.89. The van der Waals surface area contributed by atoms with Gasteiger partial charge in [0.2, 0.25) is 0 Å². The van der Waals surface area contributed by atoms with Crippen molar-refractivity contribution in [2.45, 2.75) is 33.6 Å². The molecule has 0 aliphatic rings. The van der Waals surface area contributed by atoms with E-state index < -0.39 is 0 Å². The summed E-state index contributed by atoms with van der Waals surface area (Å²) in [5.74, 6) is 1.52. The smallest absolute Gasteiger partial charge is 0.119 e. The molecule has 90 valence electrons. The van der Waals surface area contributed by atoms with Gasteiger partial charge in [0.15, 0.2) is 0 Å². The predicted octanol–water partition coefficient (Wildman–Crippen LogP) is 2.95. The van der Waals surface area contributed by atoms with Crippen LogP contribution in [0.1, 0.15) is 31.4 Å². The van der Waals surface area contributed by atoms with E-state index in [1.54, 1.807) is 0 Å². The van der Waals surface area contributed by atoms with Crippen molar-refractivity contribution < 1.29 is 9.84 Å². The largest absolute Gasteiger partial charge is 0.493 e. The lowest BCUT2D eigenvalue weighted by atomic mass is 10.1. The van der Waals surface area contributed by atoms with E-state index in [1.807, 2.05) is 18.2 Å². The van der Waals surface area contributed by atoms with Crippen molar-refractivity contribution in [1.29, 1.82) is 0 Å². The number of benzene rings is 1. The van der Waals surface area contributed by atoms with Gasteiger partial charge in [0, 0.05) is 6.61 Å². The fourth-order valence-corrected chi connectivity index (χ4v) is 1.52. The number of rotatable bonds is 6. The van der Waals surface area contributed by atoms with E-state index in [1.165, 1.54) is 11.1 Å². The number of hydrogen-bond acceptors (Lipinski definition) is 2. The van der Waals surface area contributed by atoms with Gasteiger partial charge in [-0.3, -0.25) is 0 Å². The van der Waals surface area contributed by atoms with E-state index in [0.717, 1.165) is 25.2 Å². The van der Waals surface area contributed by atoms with Gasteiger partial charge < -0.3 is 9.84 Å². The predicted molar refractivity (Wildman–Crippen MR) is 66.9 cm³/mol. The summed E-state index contributed by atoms with van der Waals surface area (Å²) < 4.78 is 5.71. The first-order valence-electron chi connectivity index (χ1n) is 6.00. The highest BCUT2D eigenvalue weighted by Crippen LogP contribution is 2.18. The van der Waals surface area contributed by atoms with Gasteiger partial charge in [0.05, 0.1) is 6.61 Å². The minimum atomic E-state index is 0.202. The molecule has 2 heteroatoms. The van der Waals surface area contributed by atoms with Gasteiger partial charge in [0.25, 0.3) is 0 Å². The summed E-state index contributed by atoms with van der Waals surface area (Å²) in [6, 6.07) is 6.07. The summed E-state index contributed by atoms with van der Waals surface area (Å²) in [4.78, 5) is 0. The first-order chi connectivity index (χ1) is 7.67. The summed E-state index contributed by atoms with van der Waals surface area (Å²) in [5.41, 5.74) is 2.38. The molecule has 1 aromatic carbocycles. The van der Waals surface area contributed by atoms with Gasteiger partial charge in [-0.05, 0) is 42.5 Å². The molecular formula is C14H22O2. The van der Waals surface area contributed by atoms with Crippen LogP contribution in [0.25, 0.3) is 0 Å². The molecule has 0 aliphatic carbocycles. The second-order valence-corrected chi connectivity index (χ2v) is 4.39. The first kappa shape index (κ1) is 13.0. The Bertz CT molecular complexity index is 321. The van der Waals surface area contributed by atoms with Crippen LogP contribution in [0.15, 0.2) is 18.2 Å². The summed E-state index contributed by atoms with van der Waals surface area (Å²) >= 11 is 0. The Morgan fingerprint density at radius 2 is 2.12 bits per heavy atom. The lowest BCUT2D eigenvalue weighted by Crippen LogP contribution is -2.07. The first-order valence-corrected chi connectivity index (χ1v) is 6.00. The molecule has 1 N–H and O–H groups in total. The number of hydrogen-bond donors (Lipinski definition) is 1. The zero-order chi connectivity index (χ0) is 12.0. The number of aryl methyl sites for hydroxylation is 1. The highest BCUT2D eigenvalue weighted by Gasteiger charge is 2.03. The molecule has 0 unspecified atom stereocenters. The monoisotopic (exact) mass is 222 g/mol. The van der Waals surface area contributed by atoms with Crippen LogP contribution in [0.2, 0.25) is 0 Å². The maximum Gasteiger partial charge on any atom is 0.119 e. The fraction of sp³-hybridized carbons (Fsp3) is 0.571. The Morgan fingerprint density at radius 1 is 1.38 bits per heavy atom. The summed E-state index contributed by atoms with van der Waals surface area (Å²) in [7, 11) is 0. The number of aliphatic hydroxyl groups is 1. The van der Waals surface area contributed by atoms with Crippen LogP contribution in [0.3, 0.4) is 0 Å². The number of ether oxygens (including phenoxy) is 1. The molecule has 0 bridgehead atoms. The van der Waals surface area contributed by atoms with Crippen LogP contribution in [0.4, 0.5) is 0 Å². The molecule has 0 amide bonds. The molecule has 0 aromatic heterocycles. The third kappa shape index (κ3) is 3.86. The fourth-order valence-electron chi connectivity index (χ4n) is 1.52. The third-order valence-corrected chi connectivity index (χ3v) is 2.93. The molecule has 0 fully saturated rings. The summed E-state index contributed by atoms with van der Waals surface area (Å²) in [6.07, 6.45) is 1.86. The van der Waals surface area contributed by atoms with Crippen LogP contribution >= 0.6 is 0 Å². The Balaban J connectivity index is 2.59. The van der Waals surface area contributed by atoms with Gasteiger partial charge >= 0.3 is 0 Å². The van der Waals surface area contributed by atoms with Gasteiger partial charge in [-0.15, -0.1) is 0 Å². The molecule has 0 radical (unpaired) electrons.